The van der Waals surface area contributed by atoms with Crippen LogP contribution >= 0.6 is 0 Å². The predicted molar refractivity (Wildman–Crippen MR) is 74.9 cm³/mol. The van der Waals surface area contributed by atoms with Crippen molar-refractivity contribution in [1.82, 2.24) is 9.03 Å². The number of rotatable bonds is 4. The molecule has 112 valence electrons. The van der Waals surface area contributed by atoms with Crippen LogP contribution in [-0.2, 0) is 10.2 Å². The Morgan fingerprint density at radius 3 is 2.63 bits per heavy atom. The number of piperidine rings is 1. The zero-order valence-corrected chi connectivity index (χ0v) is 12.7. The standard InChI is InChI=1S/C13H26N2O3S/c1-13(2)7-6-11(9-13)14-19(17,18)15-8-4-3-5-12(15)10-16/h11-12,14,16H,3-10H2,1-2H3. The van der Waals surface area contributed by atoms with Gasteiger partial charge in [-0.1, -0.05) is 20.3 Å². The fourth-order valence-corrected chi connectivity index (χ4v) is 4.98. The summed E-state index contributed by atoms with van der Waals surface area (Å²) in [6.45, 7) is 4.80. The second-order valence-corrected chi connectivity index (χ2v) is 8.32. The van der Waals surface area contributed by atoms with E-state index in [9.17, 15) is 13.5 Å². The third kappa shape index (κ3) is 3.68. The average molecular weight is 290 g/mol. The number of aliphatic hydroxyl groups is 1. The Balaban J connectivity index is 2.01. The van der Waals surface area contributed by atoms with Gasteiger partial charge in [-0.05, 0) is 37.5 Å². The van der Waals surface area contributed by atoms with Crippen LogP contribution in [0.1, 0.15) is 52.4 Å². The molecule has 2 fully saturated rings. The topological polar surface area (TPSA) is 69.6 Å². The summed E-state index contributed by atoms with van der Waals surface area (Å²) in [5.74, 6) is 0. The van der Waals surface area contributed by atoms with Crippen LogP contribution in [0.4, 0.5) is 0 Å². The molecule has 1 aliphatic carbocycles. The van der Waals surface area contributed by atoms with Crippen LogP contribution < -0.4 is 4.72 Å². The highest BCUT2D eigenvalue weighted by atomic mass is 32.2. The third-order valence-corrected chi connectivity index (χ3v) is 6.11. The maximum absolute atomic E-state index is 12.4. The van der Waals surface area contributed by atoms with Gasteiger partial charge in [0.15, 0.2) is 0 Å². The first kappa shape index (κ1) is 15.2. The summed E-state index contributed by atoms with van der Waals surface area (Å²) >= 11 is 0. The van der Waals surface area contributed by atoms with Gasteiger partial charge in [0.1, 0.15) is 0 Å². The van der Waals surface area contributed by atoms with Crippen molar-refractivity contribution in [1.29, 1.82) is 0 Å². The Bertz CT molecular complexity index is 408. The summed E-state index contributed by atoms with van der Waals surface area (Å²) in [6, 6.07) is -0.207. The number of hydrogen-bond donors (Lipinski definition) is 2. The van der Waals surface area contributed by atoms with Crippen LogP contribution in [0.2, 0.25) is 0 Å². The van der Waals surface area contributed by atoms with E-state index in [0.29, 0.717) is 6.54 Å². The van der Waals surface area contributed by atoms with Crippen molar-refractivity contribution in [2.45, 2.75) is 64.5 Å². The molecule has 0 amide bonds. The van der Waals surface area contributed by atoms with E-state index >= 15 is 0 Å². The normalized spacial score (nSPS) is 32.6. The molecular formula is C13H26N2O3S. The van der Waals surface area contributed by atoms with Crippen LogP contribution in [0.25, 0.3) is 0 Å². The van der Waals surface area contributed by atoms with Crippen LogP contribution in [0.3, 0.4) is 0 Å². The molecule has 0 aromatic carbocycles. The van der Waals surface area contributed by atoms with Crippen LogP contribution in [0.5, 0.6) is 0 Å². The van der Waals surface area contributed by atoms with Crippen LogP contribution in [-0.4, -0.2) is 43.1 Å². The molecule has 2 atom stereocenters. The SMILES string of the molecule is CC1(C)CCC(NS(=O)(=O)N2CCCCC2CO)C1. The minimum atomic E-state index is -3.45. The lowest BCUT2D eigenvalue weighted by atomic mass is 9.92. The zero-order chi connectivity index (χ0) is 14.1. The summed E-state index contributed by atoms with van der Waals surface area (Å²) in [5, 5.41) is 9.33. The minimum absolute atomic E-state index is 0.0428. The predicted octanol–water partition coefficient (Wildman–Crippen LogP) is 1.25. The van der Waals surface area contributed by atoms with Gasteiger partial charge in [0.25, 0.3) is 10.2 Å². The van der Waals surface area contributed by atoms with E-state index in [0.717, 1.165) is 38.5 Å². The molecule has 6 heteroatoms. The molecule has 5 nitrogen and oxygen atoms in total. The number of nitrogens with zero attached hydrogens (tertiary/aromatic N) is 1. The largest absolute Gasteiger partial charge is 0.395 e. The number of hydrogen-bond acceptors (Lipinski definition) is 3. The molecule has 2 rings (SSSR count). The van der Waals surface area contributed by atoms with Crippen LogP contribution in [0.15, 0.2) is 0 Å². The summed E-state index contributed by atoms with van der Waals surface area (Å²) in [6.07, 6.45) is 5.49. The molecule has 2 N–H and O–H groups in total. The molecule has 0 bridgehead atoms. The molecule has 19 heavy (non-hydrogen) atoms. The van der Waals surface area contributed by atoms with E-state index in [1.807, 2.05) is 0 Å². The highest BCUT2D eigenvalue weighted by Gasteiger charge is 2.37. The molecule has 0 spiro atoms. The first-order chi connectivity index (χ1) is 8.84. The van der Waals surface area contributed by atoms with E-state index in [2.05, 4.69) is 18.6 Å². The van der Waals surface area contributed by atoms with E-state index in [-0.39, 0.29) is 24.1 Å². The van der Waals surface area contributed by atoms with Crippen molar-refractivity contribution in [3.8, 4) is 0 Å². The van der Waals surface area contributed by atoms with Gasteiger partial charge < -0.3 is 5.11 Å². The third-order valence-electron chi connectivity index (χ3n) is 4.38. The molecule has 0 radical (unpaired) electrons. The van der Waals surface area contributed by atoms with Gasteiger partial charge in [0.2, 0.25) is 0 Å². The van der Waals surface area contributed by atoms with Crippen LogP contribution in [0, 0.1) is 5.41 Å². The lowest BCUT2D eigenvalue weighted by molar-refractivity contribution is 0.153. The zero-order valence-electron chi connectivity index (χ0n) is 11.9. The number of nitrogens with one attached hydrogen (secondary N) is 1. The minimum Gasteiger partial charge on any atom is -0.395 e. The van der Waals surface area contributed by atoms with Crippen molar-refractivity contribution in [3.63, 3.8) is 0 Å². The highest BCUT2D eigenvalue weighted by molar-refractivity contribution is 7.87. The van der Waals surface area contributed by atoms with Crippen molar-refractivity contribution >= 4 is 10.2 Å². The summed E-state index contributed by atoms with van der Waals surface area (Å²) in [4.78, 5) is 0. The summed E-state index contributed by atoms with van der Waals surface area (Å²) in [5.41, 5.74) is 0.228. The van der Waals surface area contributed by atoms with Gasteiger partial charge in [-0.25, -0.2) is 0 Å². The maximum Gasteiger partial charge on any atom is 0.280 e. The number of aliphatic hydroxyl groups excluding tert-OH is 1. The fraction of sp³-hybridized carbons (Fsp3) is 1.00. The Hall–Kier alpha value is -0.170. The van der Waals surface area contributed by atoms with E-state index < -0.39 is 10.2 Å². The van der Waals surface area contributed by atoms with Gasteiger partial charge in [0.05, 0.1) is 6.61 Å². The molecular weight excluding hydrogens is 264 g/mol. The first-order valence-electron chi connectivity index (χ1n) is 7.24. The molecule has 1 saturated heterocycles. The Labute approximate surface area is 116 Å². The van der Waals surface area contributed by atoms with Gasteiger partial charge >= 0.3 is 0 Å². The molecule has 1 aliphatic heterocycles. The van der Waals surface area contributed by atoms with E-state index in [1.54, 1.807) is 0 Å². The second-order valence-electron chi connectivity index (χ2n) is 6.67. The molecule has 1 heterocycles. The molecule has 0 aromatic rings. The summed E-state index contributed by atoms with van der Waals surface area (Å²) < 4.78 is 29.1. The van der Waals surface area contributed by atoms with Gasteiger partial charge in [-0.15, -0.1) is 0 Å². The van der Waals surface area contributed by atoms with Crippen molar-refractivity contribution in [3.05, 3.63) is 0 Å². The van der Waals surface area contributed by atoms with Crippen molar-refractivity contribution < 1.29 is 13.5 Å². The first-order valence-corrected chi connectivity index (χ1v) is 8.68. The van der Waals surface area contributed by atoms with E-state index in [1.165, 1.54) is 4.31 Å². The lowest BCUT2D eigenvalue weighted by Crippen LogP contribution is -2.52. The highest BCUT2D eigenvalue weighted by Crippen LogP contribution is 2.37. The van der Waals surface area contributed by atoms with Gasteiger partial charge in [-0.3, -0.25) is 0 Å². The molecule has 2 unspecified atom stereocenters. The van der Waals surface area contributed by atoms with Gasteiger partial charge in [0, 0.05) is 18.6 Å². The Morgan fingerprint density at radius 2 is 2.05 bits per heavy atom. The molecule has 0 aromatic heterocycles. The van der Waals surface area contributed by atoms with Crippen molar-refractivity contribution in [2.75, 3.05) is 13.2 Å². The Kier molecular flexibility index (Phi) is 4.55. The van der Waals surface area contributed by atoms with Gasteiger partial charge in [-0.2, -0.15) is 17.4 Å². The molecule has 1 saturated carbocycles. The quantitative estimate of drug-likeness (QED) is 0.818. The van der Waals surface area contributed by atoms with E-state index in [4.69, 9.17) is 0 Å². The Morgan fingerprint density at radius 1 is 1.32 bits per heavy atom. The molecule has 2 aliphatic rings. The smallest absolute Gasteiger partial charge is 0.280 e. The lowest BCUT2D eigenvalue weighted by Gasteiger charge is -2.34. The summed E-state index contributed by atoms with van der Waals surface area (Å²) in [7, 11) is -3.45. The fourth-order valence-electron chi connectivity index (χ4n) is 3.29. The maximum atomic E-state index is 12.4. The van der Waals surface area contributed by atoms with Crippen molar-refractivity contribution in [2.24, 2.45) is 5.41 Å². The average Bonchev–Trinajstić information content (AvgIpc) is 2.67. The second kappa shape index (κ2) is 5.68. The monoisotopic (exact) mass is 290 g/mol.